The summed E-state index contributed by atoms with van der Waals surface area (Å²) < 4.78 is 29.4. The average molecular weight is 486 g/mol. The molecule has 0 unspecified atom stereocenters. The Hall–Kier alpha value is -3.08. The fraction of sp³-hybridized carbons (Fsp3) is 0.375. The predicted molar refractivity (Wildman–Crippen MR) is 132 cm³/mol. The lowest BCUT2D eigenvalue weighted by Gasteiger charge is -2.19. The first-order chi connectivity index (χ1) is 16.2. The van der Waals surface area contributed by atoms with E-state index in [-0.39, 0.29) is 29.6 Å². The van der Waals surface area contributed by atoms with Crippen molar-refractivity contribution in [3.05, 3.63) is 54.1 Å². The molecule has 10 heteroatoms. The summed E-state index contributed by atoms with van der Waals surface area (Å²) in [5.74, 6) is -0.0354. The van der Waals surface area contributed by atoms with Crippen molar-refractivity contribution in [2.24, 2.45) is 0 Å². The van der Waals surface area contributed by atoms with E-state index < -0.39 is 10.0 Å². The molecule has 0 aliphatic carbocycles. The van der Waals surface area contributed by atoms with Crippen LogP contribution in [0.1, 0.15) is 37.6 Å². The molecule has 2 aromatic carbocycles. The number of fused-ring (bicyclic) bond motifs is 1. The van der Waals surface area contributed by atoms with E-state index >= 15 is 0 Å². The molecule has 9 nitrogen and oxygen atoms in total. The number of nitrogens with one attached hydrogen (secondary N) is 2. The van der Waals surface area contributed by atoms with Gasteiger partial charge >= 0.3 is 0 Å². The Morgan fingerprint density at radius 3 is 2.35 bits per heavy atom. The van der Waals surface area contributed by atoms with Gasteiger partial charge in [0.1, 0.15) is 0 Å². The summed E-state index contributed by atoms with van der Waals surface area (Å²) in [6.45, 7) is 8.92. The zero-order chi connectivity index (χ0) is 24.7. The number of ketones is 1. The van der Waals surface area contributed by atoms with Crippen LogP contribution in [0.4, 0.5) is 5.95 Å². The van der Waals surface area contributed by atoms with Crippen molar-refractivity contribution in [1.29, 1.82) is 0 Å². The van der Waals surface area contributed by atoms with Gasteiger partial charge in [-0.1, -0.05) is 38.1 Å². The summed E-state index contributed by atoms with van der Waals surface area (Å²) in [5, 5.41) is 2.83. The maximum absolute atomic E-state index is 12.6. The highest BCUT2D eigenvalue weighted by atomic mass is 32.2. The number of likely N-dealkylation sites (N-methyl/N-ethyl adjacent to an activating group) is 1. The van der Waals surface area contributed by atoms with Crippen LogP contribution in [0.25, 0.3) is 11.0 Å². The lowest BCUT2D eigenvalue weighted by molar-refractivity contribution is -0.116. The van der Waals surface area contributed by atoms with Crippen molar-refractivity contribution < 1.29 is 18.0 Å². The molecular formula is C24H31N5O4S. The molecule has 0 saturated heterocycles. The van der Waals surface area contributed by atoms with Crippen molar-refractivity contribution in [2.45, 2.75) is 38.6 Å². The quantitative estimate of drug-likeness (QED) is 0.382. The van der Waals surface area contributed by atoms with Crippen molar-refractivity contribution in [3.63, 3.8) is 0 Å². The summed E-state index contributed by atoms with van der Waals surface area (Å²) in [6, 6.07) is 13.4. The molecule has 0 bridgehead atoms. The van der Waals surface area contributed by atoms with Crippen LogP contribution in [-0.4, -0.2) is 60.7 Å². The minimum absolute atomic E-state index is 0.0381. The second-order valence-electron chi connectivity index (χ2n) is 7.88. The number of hydrogen-bond acceptors (Lipinski definition) is 6. The number of anilines is 1. The summed E-state index contributed by atoms with van der Waals surface area (Å²) in [4.78, 5) is 30.8. The maximum atomic E-state index is 12.6. The van der Waals surface area contributed by atoms with Gasteiger partial charge in [-0.2, -0.15) is 0 Å². The predicted octanol–water partition coefficient (Wildman–Crippen LogP) is 2.89. The van der Waals surface area contributed by atoms with Crippen molar-refractivity contribution in [1.82, 2.24) is 19.2 Å². The topological polar surface area (TPSA) is 113 Å². The number of sulfonamides is 1. The van der Waals surface area contributed by atoms with Gasteiger partial charge in [0.25, 0.3) is 0 Å². The van der Waals surface area contributed by atoms with Gasteiger partial charge in [0.05, 0.1) is 15.9 Å². The smallest absolute Gasteiger partial charge is 0.240 e. The fourth-order valence-corrected chi connectivity index (χ4v) is 4.65. The summed E-state index contributed by atoms with van der Waals surface area (Å²) in [7, 11) is -3.79. The lowest BCUT2D eigenvalue weighted by atomic mass is 10.2. The molecule has 0 aliphatic rings. The van der Waals surface area contributed by atoms with Crippen molar-refractivity contribution >= 4 is 38.7 Å². The van der Waals surface area contributed by atoms with Gasteiger partial charge in [0, 0.05) is 31.6 Å². The highest BCUT2D eigenvalue weighted by molar-refractivity contribution is 7.89. The molecule has 0 radical (unpaired) electrons. The van der Waals surface area contributed by atoms with E-state index in [1.807, 2.05) is 28.8 Å². The van der Waals surface area contributed by atoms with E-state index in [4.69, 9.17) is 0 Å². The fourth-order valence-electron chi connectivity index (χ4n) is 3.62. The largest absolute Gasteiger partial charge is 0.309 e. The third kappa shape index (κ3) is 6.28. The molecule has 0 spiro atoms. The number of aromatic nitrogens is 2. The second-order valence-corrected chi connectivity index (χ2v) is 9.65. The average Bonchev–Trinajstić information content (AvgIpc) is 3.16. The van der Waals surface area contributed by atoms with Gasteiger partial charge in [-0.15, -0.1) is 0 Å². The van der Waals surface area contributed by atoms with E-state index in [0.717, 1.165) is 30.7 Å². The summed E-state index contributed by atoms with van der Waals surface area (Å²) >= 11 is 0. The molecular weight excluding hydrogens is 454 g/mol. The van der Waals surface area contributed by atoms with Crippen LogP contribution in [0.2, 0.25) is 0 Å². The Bertz CT molecular complexity index is 1250. The van der Waals surface area contributed by atoms with Gasteiger partial charge in [-0.05, 0) is 44.3 Å². The zero-order valence-corrected chi connectivity index (χ0v) is 20.6. The zero-order valence-electron chi connectivity index (χ0n) is 19.7. The van der Waals surface area contributed by atoms with E-state index in [1.54, 1.807) is 0 Å². The molecule has 34 heavy (non-hydrogen) atoms. The van der Waals surface area contributed by atoms with E-state index in [1.165, 1.54) is 31.2 Å². The number of hydrogen-bond donors (Lipinski definition) is 2. The third-order valence-electron chi connectivity index (χ3n) is 5.66. The molecule has 1 aromatic heterocycles. The normalized spacial score (nSPS) is 11.8. The van der Waals surface area contributed by atoms with Gasteiger partial charge in [-0.3, -0.25) is 14.9 Å². The SMILES string of the molecule is CCN(CC)CCn1c(NC(=O)CCNS(=O)(=O)c2ccc(C(C)=O)cc2)nc2ccccc21. The minimum atomic E-state index is -3.79. The van der Waals surface area contributed by atoms with Crippen LogP contribution in [0.5, 0.6) is 0 Å². The molecule has 182 valence electrons. The highest BCUT2D eigenvalue weighted by Crippen LogP contribution is 2.20. The standard InChI is InChI=1S/C24H31N5O4S/c1-4-28(5-2)16-17-29-22-9-7-6-8-21(22)26-24(29)27-23(31)14-15-25-34(32,33)20-12-10-19(11-13-20)18(3)30/h6-13,25H,4-5,14-17H2,1-3H3,(H,26,27,31). The van der Waals surface area contributed by atoms with E-state index in [0.29, 0.717) is 18.1 Å². The molecule has 0 atom stereocenters. The summed E-state index contributed by atoms with van der Waals surface area (Å²) in [6.07, 6.45) is -0.0516. The third-order valence-corrected chi connectivity index (χ3v) is 7.13. The Morgan fingerprint density at radius 2 is 1.71 bits per heavy atom. The first kappa shape index (κ1) is 25.5. The van der Waals surface area contributed by atoms with Crippen LogP contribution >= 0.6 is 0 Å². The number of Topliss-reactive ketones (excluding diaryl/α,β-unsaturated/α-hetero) is 1. The van der Waals surface area contributed by atoms with Crippen LogP contribution < -0.4 is 10.0 Å². The molecule has 3 rings (SSSR count). The van der Waals surface area contributed by atoms with Crippen molar-refractivity contribution in [2.75, 3.05) is 31.5 Å². The Balaban J connectivity index is 1.63. The Morgan fingerprint density at radius 1 is 1.03 bits per heavy atom. The van der Waals surface area contributed by atoms with E-state index in [2.05, 4.69) is 33.8 Å². The number of imidazole rings is 1. The number of nitrogens with zero attached hydrogens (tertiary/aromatic N) is 3. The molecule has 1 amide bonds. The van der Waals surface area contributed by atoms with Crippen molar-refractivity contribution in [3.8, 4) is 0 Å². The molecule has 0 fully saturated rings. The summed E-state index contributed by atoms with van der Waals surface area (Å²) in [5.41, 5.74) is 2.15. The molecule has 0 saturated carbocycles. The molecule has 3 aromatic rings. The number of carbonyl (C=O) groups is 2. The molecule has 2 N–H and O–H groups in total. The second kappa shape index (κ2) is 11.4. The first-order valence-corrected chi connectivity index (χ1v) is 12.8. The van der Waals surface area contributed by atoms with Crippen LogP contribution in [0.3, 0.4) is 0 Å². The van der Waals surface area contributed by atoms with Crippen LogP contribution in [-0.2, 0) is 21.4 Å². The van der Waals surface area contributed by atoms with Gasteiger partial charge < -0.3 is 9.47 Å². The van der Waals surface area contributed by atoms with E-state index in [9.17, 15) is 18.0 Å². The lowest BCUT2D eigenvalue weighted by Crippen LogP contribution is -2.29. The molecule has 1 heterocycles. The number of para-hydroxylation sites is 2. The van der Waals surface area contributed by atoms with Gasteiger partial charge in [0.2, 0.25) is 21.9 Å². The van der Waals surface area contributed by atoms with Crippen LogP contribution in [0.15, 0.2) is 53.4 Å². The minimum Gasteiger partial charge on any atom is -0.309 e. The number of amides is 1. The van der Waals surface area contributed by atoms with Gasteiger partial charge in [0.15, 0.2) is 5.78 Å². The maximum Gasteiger partial charge on any atom is 0.240 e. The number of rotatable bonds is 12. The molecule has 0 aliphatic heterocycles. The number of benzene rings is 2. The Kier molecular flexibility index (Phi) is 8.54. The number of carbonyl (C=O) groups excluding carboxylic acids is 2. The monoisotopic (exact) mass is 485 g/mol. The highest BCUT2D eigenvalue weighted by Gasteiger charge is 2.17. The Labute approximate surface area is 200 Å². The van der Waals surface area contributed by atoms with Crippen LogP contribution in [0, 0.1) is 0 Å². The van der Waals surface area contributed by atoms with Gasteiger partial charge in [-0.25, -0.2) is 18.1 Å². The first-order valence-electron chi connectivity index (χ1n) is 11.3.